The summed E-state index contributed by atoms with van der Waals surface area (Å²) in [6.07, 6.45) is 4.07. The molecule has 1 fully saturated rings. The number of hydrogen-bond donors (Lipinski definition) is 1. The molecule has 0 aromatic carbocycles. The van der Waals surface area contributed by atoms with Crippen molar-refractivity contribution >= 4 is 11.3 Å². The van der Waals surface area contributed by atoms with E-state index in [4.69, 9.17) is 4.98 Å². The van der Waals surface area contributed by atoms with Gasteiger partial charge in [-0.1, -0.05) is 41.0 Å². The second kappa shape index (κ2) is 5.30. The molecule has 1 aliphatic carbocycles. The van der Waals surface area contributed by atoms with Gasteiger partial charge in [0.25, 0.3) is 0 Å². The van der Waals surface area contributed by atoms with Crippen LogP contribution in [0.5, 0.6) is 0 Å². The fraction of sp³-hybridized carbons (Fsp3) is 0.800. The van der Waals surface area contributed by atoms with E-state index in [1.54, 1.807) is 0 Å². The molecule has 0 spiro atoms. The highest BCUT2D eigenvalue weighted by Gasteiger charge is 2.28. The second-order valence-electron chi connectivity index (χ2n) is 6.74. The normalized spacial score (nSPS) is 17.2. The number of nitrogens with one attached hydrogen (secondary N) is 1. The van der Waals surface area contributed by atoms with E-state index in [1.165, 1.54) is 34.8 Å². The van der Waals surface area contributed by atoms with E-state index in [0.29, 0.717) is 6.04 Å². The van der Waals surface area contributed by atoms with Crippen LogP contribution in [0.15, 0.2) is 0 Å². The third-order valence-electron chi connectivity index (χ3n) is 3.55. The Bertz CT molecular complexity index is 397. The minimum Gasteiger partial charge on any atom is -0.310 e. The summed E-state index contributed by atoms with van der Waals surface area (Å²) < 4.78 is 0. The van der Waals surface area contributed by atoms with Gasteiger partial charge in [0.1, 0.15) is 0 Å². The van der Waals surface area contributed by atoms with E-state index in [9.17, 15) is 0 Å². The summed E-state index contributed by atoms with van der Waals surface area (Å²) in [4.78, 5) is 6.40. The summed E-state index contributed by atoms with van der Waals surface area (Å²) in [5.41, 5.74) is 1.47. The number of thiazole rings is 1. The second-order valence-corrected chi connectivity index (χ2v) is 7.85. The molecule has 3 heteroatoms. The molecule has 1 saturated carbocycles. The van der Waals surface area contributed by atoms with Crippen LogP contribution in [0, 0.1) is 0 Å². The summed E-state index contributed by atoms with van der Waals surface area (Å²) in [6.45, 7) is 12.2. The molecule has 102 valence electrons. The van der Waals surface area contributed by atoms with Crippen LogP contribution in [0.4, 0.5) is 0 Å². The Kier molecular flexibility index (Phi) is 4.12. The quantitative estimate of drug-likeness (QED) is 0.883. The van der Waals surface area contributed by atoms with E-state index >= 15 is 0 Å². The maximum absolute atomic E-state index is 4.96. The molecule has 0 unspecified atom stereocenters. The van der Waals surface area contributed by atoms with Gasteiger partial charge < -0.3 is 5.32 Å². The highest BCUT2D eigenvalue weighted by Crippen LogP contribution is 2.41. The van der Waals surface area contributed by atoms with Crippen LogP contribution in [0.25, 0.3) is 0 Å². The minimum atomic E-state index is 0.159. The zero-order chi connectivity index (χ0) is 13.3. The van der Waals surface area contributed by atoms with E-state index in [1.807, 2.05) is 11.3 Å². The summed E-state index contributed by atoms with van der Waals surface area (Å²) in [5, 5.41) is 4.91. The zero-order valence-electron chi connectivity index (χ0n) is 12.3. The van der Waals surface area contributed by atoms with Gasteiger partial charge in [-0.3, -0.25) is 0 Å². The molecule has 1 aromatic heterocycles. The maximum Gasteiger partial charge on any atom is 0.0962 e. The molecule has 2 rings (SSSR count). The molecule has 1 aliphatic rings. The SMILES string of the molecule is CC(C)NCc1sc(C2CCC2)nc1C(C)(C)C. The first kappa shape index (κ1) is 14.0. The van der Waals surface area contributed by atoms with Gasteiger partial charge in [-0.25, -0.2) is 4.98 Å². The van der Waals surface area contributed by atoms with Gasteiger partial charge in [-0.15, -0.1) is 11.3 Å². The van der Waals surface area contributed by atoms with E-state index in [2.05, 4.69) is 39.9 Å². The first-order chi connectivity index (χ1) is 8.38. The predicted octanol–water partition coefficient (Wildman–Crippen LogP) is 4.21. The van der Waals surface area contributed by atoms with Gasteiger partial charge >= 0.3 is 0 Å². The van der Waals surface area contributed by atoms with Crippen molar-refractivity contribution in [3.8, 4) is 0 Å². The Morgan fingerprint density at radius 2 is 2.00 bits per heavy atom. The highest BCUT2D eigenvalue weighted by atomic mass is 32.1. The van der Waals surface area contributed by atoms with Crippen LogP contribution in [-0.2, 0) is 12.0 Å². The van der Waals surface area contributed by atoms with Crippen LogP contribution in [-0.4, -0.2) is 11.0 Å². The summed E-state index contributed by atoms with van der Waals surface area (Å²) in [7, 11) is 0. The molecule has 1 N–H and O–H groups in total. The largest absolute Gasteiger partial charge is 0.310 e. The van der Waals surface area contributed by atoms with Crippen molar-refractivity contribution < 1.29 is 0 Å². The van der Waals surface area contributed by atoms with Gasteiger partial charge in [0.2, 0.25) is 0 Å². The van der Waals surface area contributed by atoms with Gasteiger partial charge in [-0.05, 0) is 12.8 Å². The standard InChI is InChI=1S/C15H26N2S/c1-10(2)16-9-12-13(15(3,4)5)17-14(18-12)11-7-6-8-11/h10-11,16H,6-9H2,1-5H3. The summed E-state index contributed by atoms with van der Waals surface area (Å²) in [6, 6.07) is 0.534. The predicted molar refractivity (Wildman–Crippen MR) is 79.4 cm³/mol. The van der Waals surface area contributed by atoms with Crippen molar-refractivity contribution in [2.75, 3.05) is 0 Å². The maximum atomic E-state index is 4.96. The molecule has 0 amide bonds. The number of rotatable bonds is 4. The van der Waals surface area contributed by atoms with E-state index < -0.39 is 0 Å². The lowest BCUT2D eigenvalue weighted by molar-refractivity contribution is 0.416. The Balaban J connectivity index is 2.21. The van der Waals surface area contributed by atoms with Crippen LogP contribution in [0.3, 0.4) is 0 Å². The number of hydrogen-bond acceptors (Lipinski definition) is 3. The number of nitrogens with zero attached hydrogens (tertiary/aromatic N) is 1. The van der Waals surface area contributed by atoms with Crippen LogP contribution >= 0.6 is 11.3 Å². The van der Waals surface area contributed by atoms with Crippen molar-refractivity contribution in [1.29, 1.82) is 0 Å². The van der Waals surface area contributed by atoms with Gasteiger partial charge in [-0.2, -0.15) is 0 Å². The van der Waals surface area contributed by atoms with Gasteiger partial charge in [0, 0.05) is 28.8 Å². The van der Waals surface area contributed by atoms with Gasteiger partial charge in [0.15, 0.2) is 0 Å². The lowest BCUT2D eigenvalue weighted by atomic mass is 9.86. The first-order valence-electron chi connectivity index (χ1n) is 7.11. The average Bonchev–Trinajstić information content (AvgIpc) is 2.55. The molecule has 1 aromatic rings. The van der Waals surface area contributed by atoms with Gasteiger partial charge in [0.05, 0.1) is 10.7 Å². The third-order valence-corrected chi connectivity index (χ3v) is 4.77. The fourth-order valence-electron chi connectivity index (χ4n) is 2.20. The van der Waals surface area contributed by atoms with Crippen LogP contribution in [0.1, 0.15) is 75.4 Å². The fourth-order valence-corrected chi connectivity index (χ4v) is 3.60. The summed E-state index contributed by atoms with van der Waals surface area (Å²) in [5.74, 6) is 0.754. The average molecular weight is 266 g/mol. The number of aromatic nitrogens is 1. The minimum absolute atomic E-state index is 0.159. The molecular weight excluding hydrogens is 240 g/mol. The van der Waals surface area contributed by atoms with E-state index in [-0.39, 0.29) is 5.41 Å². The molecular formula is C15H26N2S. The van der Waals surface area contributed by atoms with Crippen LogP contribution < -0.4 is 5.32 Å². The Labute approximate surface area is 115 Å². The molecule has 0 atom stereocenters. The zero-order valence-corrected chi connectivity index (χ0v) is 13.2. The Hall–Kier alpha value is -0.410. The molecule has 18 heavy (non-hydrogen) atoms. The topological polar surface area (TPSA) is 24.9 Å². The first-order valence-corrected chi connectivity index (χ1v) is 7.93. The highest BCUT2D eigenvalue weighted by molar-refractivity contribution is 7.11. The lowest BCUT2D eigenvalue weighted by Crippen LogP contribution is -2.23. The molecule has 1 heterocycles. The van der Waals surface area contributed by atoms with Crippen LogP contribution in [0.2, 0.25) is 0 Å². The smallest absolute Gasteiger partial charge is 0.0962 e. The van der Waals surface area contributed by atoms with E-state index in [0.717, 1.165) is 12.5 Å². The molecule has 2 nitrogen and oxygen atoms in total. The lowest BCUT2D eigenvalue weighted by Gasteiger charge is -2.23. The van der Waals surface area contributed by atoms with Crippen molar-refractivity contribution in [3.05, 3.63) is 15.6 Å². The molecule has 0 saturated heterocycles. The third kappa shape index (κ3) is 3.12. The molecule has 0 radical (unpaired) electrons. The summed E-state index contributed by atoms with van der Waals surface area (Å²) >= 11 is 1.94. The Morgan fingerprint density at radius 3 is 2.44 bits per heavy atom. The van der Waals surface area contributed by atoms with Crippen molar-refractivity contribution in [1.82, 2.24) is 10.3 Å². The van der Waals surface area contributed by atoms with Crippen molar-refractivity contribution in [2.24, 2.45) is 0 Å². The monoisotopic (exact) mass is 266 g/mol. The van der Waals surface area contributed by atoms with Crippen molar-refractivity contribution in [2.45, 2.75) is 77.8 Å². The molecule has 0 bridgehead atoms. The Morgan fingerprint density at radius 1 is 1.33 bits per heavy atom. The molecule has 0 aliphatic heterocycles. The van der Waals surface area contributed by atoms with Crippen molar-refractivity contribution in [3.63, 3.8) is 0 Å².